The zero-order chi connectivity index (χ0) is 17.8. The van der Waals surface area contributed by atoms with Gasteiger partial charge < -0.3 is 19.5 Å². The summed E-state index contributed by atoms with van der Waals surface area (Å²) in [7, 11) is 0. The van der Waals surface area contributed by atoms with Crippen molar-refractivity contribution in [2.24, 2.45) is 0 Å². The molecule has 1 N–H and O–H groups in total. The molecule has 0 bridgehead atoms. The fourth-order valence-corrected chi connectivity index (χ4v) is 2.92. The molecule has 132 valence electrons. The van der Waals surface area contributed by atoms with Crippen molar-refractivity contribution in [3.05, 3.63) is 66.7 Å². The average molecular weight is 349 g/mol. The van der Waals surface area contributed by atoms with Crippen LogP contribution in [0.15, 0.2) is 66.7 Å². The van der Waals surface area contributed by atoms with E-state index in [9.17, 15) is 4.79 Å². The van der Waals surface area contributed by atoms with Crippen LogP contribution >= 0.6 is 0 Å². The Morgan fingerprint density at radius 3 is 2.69 bits per heavy atom. The van der Waals surface area contributed by atoms with Gasteiger partial charge in [0.05, 0.1) is 6.54 Å². The number of carbonyl (C=O) groups is 1. The van der Waals surface area contributed by atoms with Crippen molar-refractivity contribution in [2.75, 3.05) is 19.8 Å². The Hall–Kier alpha value is -3.21. The molecular formula is C21H19NO4. The summed E-state index contributed by atoms with van der Waals surface area (Å²) in [6.45, 7) is 0.973. The monoisotopic (exact) mass is 349 g/mol. The summed E-state index contributed by atoms with van der Waals surface area (Å²) in [5.74, 6) is 1.85. The van der Waals surface area contributed by atoms with Crippen molar-refractivity contribution in [3.8, 4) is 17.2 Å². The molecule has 0 aliphatic carbocycles. The summed E-state index contributed by atoms with van der Waals surface area (Å²) in [6, 6.07) is 21.3. The third kappa shape index (κ3) is 3.42. The highest BCUT2D eigenvalue weighted by Gasteiger charge is 2.26. The quantitative estimate of drug-likeness (QED) is 0.719. The Kier molecular flexibility index (Phi) is 4.60. The summed E-state index contributed by atoms with van der Waals surface area (Å²) in [6.07, 6.45) is -0.651. The van der Waals surface area contributed by atoms with Crippen LogP contribution in [0.5, 0.6) is 17.2 Å². The van der Waals surface area contributed by atoms with Gasteiger partial charge in [0.15, 0.2) is 11.5 Å². The van der Waals surface area contributed by atoms with Gasteiger partial charge in [0.2, 0.25) is 6.10 Å². The summed E-state index contributed by atoms with van der Waals surface area (Å²) >= 11 is 0. The van der Waals surface area contributed by atoms with Crippen LogP contribution in [-0.4, -0.2) is 31.8 Å². The van der Waals surface area contributed by atoms with E-state index in [1.54, 1.807) is 6.07 Å². The smallest absolute Gasteiger partial charge is 0.264 e. The van der Waals surface area contributed by atoms with Gasteiger partial charge >= 0.3 is 0 Å². The van der Waals surface area contributed by atoms with Crippen molar-refractivity contribution < 1.29 is 19.0 Å². The number of nitrogens with one attached hydrogen (secondary N) is 1. The predicted molar refractivity (Wildman–Crippen MR) is 98.8 cm³/mol. The van der Waals surface area contributed by atoms with Crippen LogP contribution in [0.4, 0.5) is 0 Å². The molecule has 0 aromatic heterocycles. The Bertz CT molecular complexity index is 919. The molecule has 1 aliphatic heterocycles. The van der Waals surface area contributed by atoms with E-state index in [-0.39, 0.29) is 12.5 Å². The zero-order valence-corrected chi connectivity index (χ0v) is 14.2. The second kappa shape index (κ2) is 7.35. The van der Waals surface area contributed by atoms with E-state index >= 15 is 0 Å². The van der Waals surface area contributed by atoms with Crippen LogP contribution in [0.3, 0.4) is 0 Å². The number of para-hydroxylation sites is 2. The minimum atomic E-state index is -0.651. The van der Waals surface area contributed by atoms with Gasteiger partial charge in [0.1, 0.15) is 19.0 Å². The molecule has 0 saturated heterocycles. The first-order valence-corrected chi connectivity index (χ1v) is 8.58. The fourth-order valence-electron chi connectivity index (χ4n) is 2.92. The van der Waals surface area contributed by atoms with Crippen LogP contribution in [0.2, 0.25) is 0 Å². The van der Waals surface area contributed by atoms with Gasteiger partial charge in [-0.3, -0.25) is 4.79 Å². The van der Waals surface area contributed by atoms with E-state index in [0.717, 1.165) is 16.5 Å². The standard InChI is InChI=1S/C21H19NO4/c23-21(20-14-25-18-9-3-4-10-19(18)26-20)22-12-13-24-17-11-5-7-15-6-1-2-8-16(15)17/h1-11,20H,12-14H2,(H,22,23)/t20-/m0/s1. The largest absolute Gasteiger partial charge is 0.491 e. The second-order valence-electron chi connectivity index (χ2n) is 5.98. The highest BCUT2D eigenvalue weighted by atomic mass is 16.6. The minimum Gasteiger partial charge on any atom is -0.491 e. The molecule has 5 heteroatoms. The van der Waals surface area contributed by atoms with E-state index in [1.165, 1.54) is 0 Å². The minimum absolute atomic E-state index is 0.201. The molecule has 5 nitrogen and oxygen atoms in total. The lowest BCUT2D eigenvalue weighted by molar-refractivity contribution is -0.130. The van der Waals surface area contributed by atoms with Crippen LogP contribution in [0.25, 0.3) is 10.8 Å². The molecule has 0 radical (unpaired) electrons. The lowest BCUT2D eigenvalue weighted by atomic mass is 10.1. The summed E-state index contributed by atoms with van der Waals surface area (Å²) in [5.41, 5.74) is 0. The molecule has 0 unspecified atom stereocenters. The number of fused-ring (bicyclic) bond motifs is 2. The zero-order valence-electron chi connectivity index (χ0n) is 14.2. The van der Waals surface area contributed by atoms with Gasteiger partial charge in [-0.2, -0.15) is 0 Å². The van der Waals surface area contributed by atoms with Crippen LogP contribution in [-0.2, 0) is 4.79 Å². The van der Waals surface area contributed by atoms with Crippen molar-refractivity contribution in [1.82, 2.24) is 5.32 Å². The number of rotatable bonds is 5. The Balaban J connectivity index is 1.29. The predicted octanol–water partition coefficient (Wildman–Crippen LogP) is 3.17. The van der Waals surface area contributed by atoms with E-state index < -0.39 is 6.10 Å². The van der Waals surface area contributed by atoms with Crippen LogP contribution in [0.1, 0.15) is 0 Å². The third-order valence-corrected chi connectivity index (χ3v) is 4.21. The van der Waals surface area contributed by atoms with Crippen LogP contribution in [0, 0.1) is 0 Å². The number of ether oxygens (including phenoxy) is 3. The molecule has 3 aromatic rings. The van der Waals surface area contributed by atoms with E-state index in [1.807, 2.05) is 60.7 Å². The Morgan fingerprint density at radius 2 is 1.77 bits per heavy atom. The molecule has 3 aromatic carbocycles. The lowest BCUT2D eigenvalue weighted by Crippen LogP contribution is -2.45. The molecule has 1 aliphatic rings. The highest BCUT2D eigenvalue weighted by Crippen LogP contribution is 2.30. The fraction of sp³-hybridized carbons (Fsp3) is 0.190. The highest BCUT2D eigenvalue weighted by molar-refractivity contribution is 5.88. The van der Waals surface area contributed by atoms with Gasteiger partial charge in [-0.15, -0.1) is 0 Å². The first-order chi connectivity index (χ1) is 12.8. The van der Waals surface area contributed by atoms with Gasteiger partial charge in [-0.25, -0.2) is 0 Å². The molecule has 26 heavy (non-hydrogen) atoms. The molecule has 0 saturated carbocycles. The molecule has 1 atom stereocenters. The summed E-state index contributed by atoms with van der Waals surface area (Å²) in [4.78, 5) is 12.3. The molecule has 0 spiro atoms. The third-order valence-electron chi connectivity index (χ3n) is 4.21. The summed E-state index contributed by atoms with van der Waals surface area (Å²) in [5, 5.41) is 5.02. The number of amides is 1. The summed E-state index contributed by atoms with van der Waals surface area (Å²) < 4.78 is 17.1. The molecule has 1 heterocycles. The number of carbonyl (C=O) groups excluding carboxylic acids is 1. The van der Waals surface area contributed by atoms with Crippen molar-refractivity contribution in [2.45, 2.75) is 6.10 Å². The van der Waals surface area contributed by atoms with Crippen molar-refractivity contribution in [3.63, 3.8) is 0 Å². The molecule has 4 rings (SSSR count). The van der Waals surface area contributed by atoms with Crippen molar-refractivity contribution >= 4 is 16.7 Å². The lowest BCUT2D eigenvalue weighted by Gasteiger charge is -2.25. The topological polar surface area (TPSA) is 56.8 Å². The second-order valence-corrected chi connectivity index (χ2v) is 5.98. The van der Waals surface area contributed by atoms with E-state index in [0.29, 0.717) is 24.7 Å². The van der Waals surface area contributed by atoms with Crippen LogP contribution < -0.4 is 19.5 Å². The average Bonchev–Trinajstić information content (AvgIpc) is 2.70. The van der Waals surface area contributed by atoms with Gasteiger partial charge in [-0.05, 0) is 23.6 Å². The number of hydrogen-bond acceptors (Lipinski definition) is 4. The number of hydrogen-bond donors (Lipinski definition) is 1. The van der Waals surface area contributed by atoms with Gasteiger partial charge in [-0.1, -0.05) is 48.5 Å². The molecule has 0 fully saturated rings. The SMILES string of the molecule is O=C(NCCOc1cccc2ccccc12)[C@@H]1COc2ccccc2O1. The maximum Gasteiger partial charge on any atom is 0.264 e. The van der Waals surface area contributed by atoms with Crippen molar-refractivity contribution in [1.29, 1.82) is 0 Å². The number of benzene rings is 3. The Morgan fingerprint density at radius 1 is 1.00 bits per heavy atom. The Labute approximate surface area is 151 Å². The van der Waals surface area contributed by atoms with Gasteiger partial charge in [0.25, 0.3) is 5.91 Å². The van der Waals surface area contributed by atoms with Gasteiger partial charge in [0, 0.05) is 5.39 Å². The molecular weight excluding hydrogens is 330 g/mol. The first kappa shape index (κ1) is 16.3. The maximum atomic E-state index is 12.3. The maximum absolute atomic E-state index is 12.3. The van der Waals surface area contributed by atoms with E-state index in [2.05, 4.69) is 5.32 Å². The first-order valence-electron chi connectivity index (χ1n) is 8.58. The normalized spacial score (nSPS) is 15.5. The van der Waals surface area contributed by atoms with E-state index in [4.69, 9.17) is 14.2 Å². The molecule has 1 amide bonds.